The first kappa shape index (κ1) is 13.1. The molecule has 2 heteroatoms. The molecule has 1 nitrogen and oxygen atoms in total. The van der Waals surface area contributed by atoms with Crippen molar-refractivity contribution in [1.82, 2.24) is 4.90 Å². The first-order chi connectivity index (χ1) is 9.24. The van der Waals surface area contributed by atoms with E-state index in [0.29, 0.717) is 0 Å². The summed E-state index contributed by atoms with van der Waals surface area (Å²) in [5.41, 5.74) is 1.45. The van der Waals surface area contributed by atoms with Crippen molar-refractivity contribution in [3.63, 3.8) is 0 Å². The maximum absolute atomic E-state index is 3.65. The van der Waals surface area contributed by atoms with Gasteiger partial charge in [0, 0.05) is 17.6 Å². The zero-order valence-electron chi connectivity index (χ0n) is 11.4. The Bertz CT molecular complexity index is 578. The lowest BCUT2D eigenvalue weighted by molar-refractivity contribution is 0.177. The van der Waals surface area contributed by atoms with Crippen molar-refractivity contribution >= 4 is 26.7 Å². The molecule has 0 N–H and O–H groups in total. The summed E-state index contributed by atoms with van der Waals surface area (Å²) < 4.78 is 1.19. The molecular formula is C17H20BrN. The van der Waals surface area contributed by atoms with E-state index in [-0.39, 0.29) is 0 Å². The first-order valence-electron chi connectivity index (χ1n) is 7.12. The van der Waals surface area contributed by atoms with Crippen molar-refractivity contribution < 1.29 is 0 Å². The van der Waals surface area contributed by atoms with E-state index in [0.717, 1.165) is 12.5 Å². The van der Waals surface area contributed by atoms with Gasteiger partial charge in [-0.1, -0.05) is 53.2 Å². The molecule has 1 fully saturated rings. The van der Waals surface area contributed by atoms with Crippen molar-refractivity contribution in [3.8, 4) is 0 Å². The Morgan fingerprint density at radius 3 is 2.74 bits per heavy atom. The molecule has 0 spiro atoms. The fourth-order valence-corrected chi connectivity index (χ4v) is 3.61. The van der Waals surface area contributed by atoms with Gasteiger partial charge >= 0.3 is 0 Å². The largest absolute Gasteiger partial charge is 0.299 e. The van der Waals surface area contributed by atoms with E-state index in [1.54, 1.807) is 0 Å². The van der Waals surface area contributed by atoms with E-state index in [2.05, 4.69) is 64.2 Å². The average Bonchev–Trinajstić information content (AvgIpc) is 2.42. The summed E-state index contributed by atoms with van der Waals surface area (Å²) in [6, 6.07) is 13.1. The summed E-state index contributed by atoms with van der Waals surface area (Å²) in [5, 5.41) is 2.71. The number of rotatable bonds is 2. The minimum absolute atomic E-state index is 0.843. The Kier molecular flexibility index (Phi) is 3.90. The van der Waals surface area contributed by atoms with Crippen LogP contribution in [0.5, 0.6) is 0 Å². The molecule has 0 saturated carbocycles. The number of nitrogens with zero attached hydrogens (tertiary/aromatic N) is 1. The Hall–Kier alpha value is -0.860. The molecule has 0 aromatic heterocycles. The van der Waals surface area contributed by atoms with Crippen LogP contribution in [0.1, 0.15) is 25.3 Å². The normalized spacial score (nSPS) is 20.8. The van der Waals surface area contributed by atoms with E-state index in [1.807, 2.05) is 0 Å². The molecule has 0 bridgehead atoms. The van der Waals surface area contributed by atoms with Crippen LogP contribution in [0.4, 0.5) is 0 Å². The number of piperidine rings is 1. The van der Waals surface area contributed by atoms with Gasteiger partial charge in [0.1, 0.15) is 0 Å². The van der Waals surface area contributed by atoms with Crippen LogP contribution in [0, 0.1) is 5.92 Å². The summed E-state index contributed by atoms with van der Waals surface area (Å²) in [7, 11) is 0. The standard InChI is InChI=1S/C17H20BrN/c1-13-5-4-10-19(11-13)12-14-8-9-17(18)16-7-3-2-6-15(14)16/h2-3,6-9,13H,4-5,10-12H2,1H3. The average molecular weight is 318 g/mol. The highest BCUT2D eigenvalue weighted by molar-refractivity contribution is 9.10. The Labute approximate surface area is 123 Å². The zero-order chi connectivity index (χ0) is 13.2. The van der Waals surface area contributed by atoms with Crippen molar-refractivity contribution in [3.05, 3.63) is 46.4 Å². The van der Waals surface area contributed by atoms with Gasteiger partial charge in [-0.2, -0.15) is 0 Å². The fraction of sp³-hybridized carbons (Fsp3) is 0.412. The number of hydrogen-bond acceptors (Lipinski definition) is 1. The molecule has 100 valence electrons. The highest BCUT2D eigenvalue weighted by Gasteiger charge is 2.17. The Balaban J connectivity index is 1.90. The maximum atomic E-state index is 3.65. The van der Waals surface area contributed by atoms with Gasteiger partial charge in [0.15, 0.2) is 0 Å². The lowest BCUT2D eigenvalue weighted by atomic mass is 9.98. The van der Waals surface area contributed by atoms with E-state index < -0.39 is 0 Å². The molecule has 1 unspecified atom stereocenters. The van der Waals surface area contributed by atoms with E-state index in [9.17, 15) is 0 Å². The molecule has 3 rings (SSSR count). The van der Waals surface area contributed by atoms with E-state index in [1.165, 1.54) is 46.7 Å². The van der Waals surface area contributed by atoms with Crippen LogP contribution in [-0.4, -0.2) is 18.0 Å². The van der Waals surface area contributed by atoms with Gasteiger partial charge in [-0.05, 0) is 47.7 Å². The third-order valence-corrected chi connectivity index (χ3v) is 4.79. The van der Waals surface area contributed by atoms with Gasteiger partial charge in [0.05, 0.1) is 0 Å². The van der Waals surface area contributed by atoms with Gasteiger partial charge in [0.25, 0.3) is 0 Å². The van der Waals surface area contributed by atoms with Gasteiger partial charge in [-0.3, -0.25) is 4.90 Å². The molecule has 2 aromatic carbocycles. The molecule has 0 amide bonds. The molecule has 19 heavy (non-hydrogen) atoms. The number of fused-ring (bicyclic) bond motifs is 1. The second kappa shape index (κ2) is 5.64. The molecule has 1 atom stereocenters. The lowest BCUT2D eigenvalue weighted by Crippen LogP contribution is -2.33. The number of hydrogen-bond donors (Lipinski definition) is 0. The van der Waals surface area contributed by atoms with Gasteiger partial charge < -0.3 is 0 Å². The Morgan fingerprint density at radius 1 is 1.16 bits per heavy atom. The van der Waals surface area contributed by atoms with Crippen LogP contribution in [0.3, 0.4) is 0 Å². The molecule has 2 aromatic rings. The van der Waals surface area contributed by atoms with Crippen LogP contribution < -0.4 is 0 Å². The van der Waals surface area contributed by atoms with Gasteiger partial charge in [0.2, 0.25) is 0 Å². The number of likely N-dealkylation sites (tertiary alicyclic amines) is 1. The quantitative estimate of drug-likeness (QED) is 0.766. The van der Waals surface area contributed by atoms with Crippen LogP contribution in [0.2, 0.25) is 0 Å². The highest BCUT2D eigenvalue weighted by Crippen LogP contribution is 2.28. The van der Waals surface area contributed by atoms with Crippen molar-refractivity contribution in [2.75, 3.05) is 13.1 Å². The summed E-state index contributed by atoms with van der Waals surface area (Å²) in [6.07, 6.45) is 2.73. The van der Waals surface area contributed by atoms with Crippen LogP contribution in [0.15, 0.2) is 40.9 Å². The lowest BCUT2D eigenvalue weighted by Gasteiger charge is -2.31. The van der Waals surface area contributed by atoms with Crippen molar-refractivity contribution in [2.45, 2.75) is 26.3 Å². The summed E-state index contributed by atoms with van der Waals surface area (Å²) >= 11 is 3.65. The number of benzene rings is 2. The molecular weight excluding hydrogens is 298 g/mol. The van der Waals surface area contributed by atoms with Crippen LogP contribution >= 0.6 is 15.9 Å². The fourth-order valence-electron chi connectivity index (χ4n) is 3.13. The Morgan fingerprint density at radius 2 is 1.95 bits per heavy atom. The van der Waals surface area contributed by atoms with Crippen molar-refractivity contribution in [1.29, 1.82) is 0 Å². The second-order valence-electron chi connectivity index (χ2n) is 5.73. The van der Waals surface area contributed by atoms with E-state index >= 15 is 0 Å². The maximum Gasteiger partial charge on any atom is 0.0253 e. The van der Waals surface area contributed by atoms with Crippen LogP contribution in [-0.2, 0) is 6.54 Å². The monoisotopic (exact) mass is 317 g/mol. The van der Waals surface area contributed by atoms with Gasteiger partial charge in [-0.25, -0.2) is 0 Å². The molecule has 1 saturated heterocycles. The van der Waals surface area contributed by atoms with Crippen molar-refractivity contribution in [2.24, 2.45) is 5.92 Å². The minimum Gasteiger partial charge on any atom is -0.299 e. The van der Waals surface area contributed by atoms with Crippen LogP contribution in [0.25, 0.3) is 10.8 Å². The predicted molar refractivity (Wildman–Crippen MR) is 85.3 cm³/mol. The molecule has 1 aliphatic rings. The SMILES string of the molecule is CC1CCCN(Cc2ccc(Br)c3ccccc23)C1. The smallest absolute Gasteiger partial charge is 0.0253 e. The second-order valence-corrected chi connectivity index (χ2v) is 6.59. The minimum atomic E-state index is 0.843. The van der Waals surface area contributed by atoms with E-state index in [4.69, 9.17) is 0 Å². The summed E-state index contributed by atoms with van der Waals surface area (Å²) in [5.74, 6) is 0.843. The topological polar surface area (TPSA) is 3.24 Å². The third-order valence-electron chi connectivity index (χ3n) is 4.10. The molecule has 1 aliphatic heterocycles. The molecule has 0 radical (unpaired) electrons. The zero-order valence-corrected chi connectivity index (χ0v) is 13.0. The summed E-state index contributed by atoms with van der Waals surface area (Å²) in [6.45, 7) is 5.93. The summed E-state index contributed by atoms with van der Waals surface area (Å²) in [4.78, 5) is 2.60. The highest BCUT2D eigenvalue weighted by atomic mass is 79.9. The van der Waals surface area contributed by atoms with Gasteiger partial charge in [-0.15, -0.1) is 0 Å². The molecule has 0 aliphatic carbocycles. The first-order valence-corrected chi connectivity index (χ1v) is 7.92. The number of halogens is 1. The predicted octanol–water partition coefficient (Wildman–Crippen LogP) is 4.83. The molecule has 1 heterocycles. The third kappa shape index (κ3) is 2.85.